The largest absolute Gasteiger partial charge is 0.495 e. The van der Waals surface area contributed by atoms with Crippen LogP contribution in [0.2, 0.25) is 25.7 Å². The van der Waals surface area contributed by atoms with Gasteiger partial charge in [-0.15, -0.1) is 5.10 Å². The number of ether oxygens (including phenoxy) is 3. The molecule has 0 saturated carbocycles. The van der Waals surface area contributed by atoms with Crippen molar-refractivity contribution in [2.45, 2.75) is 45.6 Å². The predicted molar refractivity (Wildman–Crippen MR) is 135 cm³/mol. The van der Waals surface area contributed by atoms with E-state index >= 15 is 0 Å². The Balaban J connectivity index is 1.46. The van der Waals surface area contributed by atoms with Crippen molar-refractivity contribution in [1.29, 1.82) is 0 Å². The fraction of sp³-hybridized carbons (Fsp3) is 0.360. The number of hydrogen-bond acceptors (Lipinski definition) is 7. The number of halogens is 1. The number of benzene rings is 1. The summed E-state index contributed by atoms with van der Waals surface area (Å²) in [6, 6.07) is 9.94. The summed E-state index contributed by atoms with van der Waals surface area (Å²) in [6.07, 6.45) is 1.55. The van der Waals surface area contributed by atoms with Gasteiger partial charge in [0.2, 0.25) is 0 Å². The van der Waals surface area contributed by atoms with Crippen LogP contribution in [0.15, 0.2) is 47.4 Å². The summed E-state index contributed by atoms with van der Waals surface area (Å²) in [5.74, 6) is -0.125. The number of carbonyl (C=O) groups is 1. The minimum Gasteiger partial charge on any atom is -0.495 e. The van der Waals surface area contributed by atoms with Gasteiger partial charge in [-0.25, -0.2) is 9.07 Å². The fourth-order valence-electron chi connectivity index (χ4n) is 3.58. The molecule has 1 amide bonds. The Kier molecular flexibility index (Phi) is 7.50. The lowest BCUT2D eigenvalue weighted by Crippen LogP contribution is -2.30. The summed E-state index contributed by atoms with van der Waals surface area (Å²) >= 11 is 0. The van der Waals surface area contributed by atoms with Gasteiger partial charge in [0.1, 0.15) is 19.1 Å². The van der Waals surface area contributed by atoms with E-state index in [9.17, 15) is 14.0 Å². The van der Waals surface area contributed by atoms with Gasteiger partial charge in [-0.2, -0.15) is 0 Å². The monoisotopic (exact) mass is 512 g/mol. The second-order valence-corrected chi connectivity index (χ2v) is 15.3. The van der Waals surface area contributed by atoms with Crippen molar-refractivity contribution < 1.29 is 23.4 Å². The van der Waals surface area contributed by atoms with Gasteiger partial charge in [-0.05, 0) is 41.9 Å². The zero-order valence-corrected chi connectivity index (χ0v) is 21.8. The number of pyridine rings is 1. The first-order valence-corrected chi connectivity index (χ1v) is 15.3. The van der Waals surface area contributed by atoms with E-state index in [2.05, 4.69) is 29.7 Å². The topological polar surface area (TPSA) is 95.8 Å². The highest BCUT2D eigenvalue weighted by Gasteiger charge is 2.31. The number of rotatable bonds is 10. The van der Waals surface area contributed by atoms with Crippen molar-refractivity contribution in [3.63, 3.8) is 0 Å². The molecule has 0 saturated heterocycles. The van der Waals surface area contributed by atoms with E-state index in [1.54, 1.807) is 25.4 Å². The first-order valence-electron chi connectivity index (χ1n) is 11.6. The molecule has 0 N–H and O–H groups in total. The second kappa shape index (κ2) is 10.6. The van der Waals surface area contributed by atoms with Gasteiger partial charge in [0, 0.05) is 26.3 Å². The fourth-order valence-corrected chi connectivity index (χ4v) is 4.34. The Morgan fingerprint density at radius 2 is 1.92 bits per heavy atom. The molecule has 0 unspecified atom stereocenters. The van der Waals surface area contributed by atoms with Crippen LogP contribution in [0.5, 0.6) is 11.5 Å². The molecule has 190 valence electrons. The van der Waals surface area contributed by atoms with E-state index in [1.165, 1.54) is 33.8 Å². The molecule has 3 heterocycles. The first-order chi connectivity index (χ1) is 17.1. The lowest BCUT2D eigenvalue weighted by molar-refractivity contribution is 0.0749. The number of nitrogens with zero attached hydrogens (tertiary/aromatic N) is 4. The van der Waals surface area contributed by atoms with Crippen LogP contribution in [0.4, 0.5) is 10.2 Å². The van der Waals surface area contributed by atoms with E-state index in [-0.39, 0.29) is 42.6 Å². The Hall–Kier alpha value is -3.57. The smallest absolute Gasteiger partial charge is 0.269 e. The van der Waals surface area contributed by atoms with Gasteiger partial charge in [-0.3, -0.25) is 19.5 Å². The van der Waals surface area contributed by atoms with Crippen molar-refractivity contribution in [3.8, 4) is 11.5 Å². The van der Waals surface area contributed by atoms with Crippen LogP contribution in [-0.4, -0.2) is 42.5 Å². The van der Waals surface area contributed by atoms with Crippen LogP contribution in [0.25, 0.3) is 0 Å². The normalized spacial score (nSPS) is 13.1. The third-order valence-electron chi connectivity index (χ3n) is 5.71. The Labute approximate surface area is 209 Å². The molecule has 0 bridgehead atoms. The SMILES string of the molecule is COc1ccc(COc2cc3c(cc2F)C(=O)N(c2ccc(=O)n(COCC[Si](C)(C)C)n2)C3)nc1. The standard InChI is InChI=1S/C25H29FN4O5Si/c1-33-19-6-5-18(27-13-19)15-35-22-11-17-14-29(25(32)20(17)12-21(22)26)23-7-8-24(31)30(28-23)16-34-9-10-36(2,3)4/h5-8,11-13H,9-10,14-16H2,1-4H3. The molecule has 0 fully saturated rings. The van der Waals surface area contributed by atoms with Gasteiger partial charge in [0.25, 0.3) is 11.5 Å². The summed E-state index contributed by atoms with van der Waals surface area (Å²) in [5, 5.41) is 4.31. The van der Waals surface area contributed by atoms with Crippen LogP contribution >= 0.6 is 0 Å². The molecule has 4 rings (SSSR count). The zero-order valence-electron chi connectivity index (χ0n) is 20.8. The van der Waals surface area contributed by atoms with E-state index in [4.69, 9.17) is 14.2 Å². The minimum atomic E-state index is -1.26. The van der Waals surface area contributed by atoms with E-state index < -0.39 is 19.8 Å². The number of carbonyl (C=O) groups excluding carboxylic acids is 1. The molecule has 3 aromatic rings. The molecule has 36 heavy (non-hydrogen) atoms. The number of anilines is 1. The highest BCUT2D eigenvalue weighted by Crippen LogP contribution is 2.32. The molecule has 9 nitrogen and oxygen atoms in total. The maximum atomic E-state index is 14.7. The van der Waals surface area contributed by atoms with Crippen LogP contribution < -0.4 is 19.9 Å². The van der Waals surface area contributed by atoms with Crippen LogP contribution in [0.3, 0.4) is 0 Å². The minimum absolute atomic E-state index is 0.00184. The zero-order chi connectivity index (χ0) is 25.9. The van der Waals surface area contributed by atoms with Gasteiger partial charge in [0.15, 0.2) is 17.4 Å². The Morgan fingerprint density at radius 3 is 2.61 bits per heavy atom. The third kappa shape index (κ3) is 5.97. The molecule has 0 spiro atoms. The highest BCUT2D eigenvalue weighted by atomic mass is 28.3. The molecule has 11 heteroatoms. The van der Waals surface area contributed by atoms with Crippen LogP contribution in [0.1, 0.15) is 21.6 Å². The van der Waals surface area contributed by atoms with E-state index in [0.29, 0.717) is 23.6 Å². The van der Waals surface area contributed by atoms with Crippen molar-refractivity contribution in [1.82, 2.24) is 14.8 Å². The Morgan fingerprint density at radius 1 is 1.11 bits per heavy atom. The van der Waals surface area contributed by atoms with Gasteiger partial charge in [0.05, 0.1) is 25.5 Å². The second-order valence-electron chi connectivity index (χ2n) is 9.69. The third-order valence-corrected chi connectivity index (χ3v) is 7.41. The molecular weight excluding hydrogens is 483 g/mol. The first kappa shape index (κ1) is 25.5. The molecule has 0 aliphatic carbocycles. The summed E-state index contributed by atoms with van der Waals surface area (Å²) in [5.41, 5.74) is 1.11. The molecule has 1 aliphatic heterocycles. The average Bonchev–Trinajstić information content (AvgIpc) is 3.16. The van der Waals surface area contributed by atoms with Crippen molar-refractivity contribution in [2.75, 3.05) is 18.6 Å². The number of methoxy groups -OCH3 is 1. The lowest BCUT2D eigenvalue weighted by atomic mass is 10.1. The van der Waals surface area contributed by atoms with E-state index in [1.807, 2.05) is 0 Å². The highest BCUT2D eigenvalue weighted by molar-refractivity contribution is 6.76. The van der Waals surface area contributed by atoms with Crippen molar-refractivity contribution in [3.05, 3.63) is 75.6 Å². The number of hydrogen-bond donors (Lipinski definition) is 0. The molecule has 2 aromatic heterocycles. The number of amides is 1. The van der Waals surface area contributed by atoms with Crippen LogP contribution in [0, 0.1) is 5.82 Å². The van der Waals surface area contributed by atoms with Crippen LogP contribution in [-0.2, 0) is 24.6 Å². The van der Waals surface area contributed by atoms with Gasteiger partial charge < -0.3 is 14.2 Å². The molecule has 1 aliphatic rings. The average molecular weight is 513 g/mol. The van der Waals surface area contributed by atoms with E-state index in [0.717, 1.165) is 6.04 Å². The summed E-state index contributed by atoms with van der Waals surface area (Å²) in [6.45, 7) is 7.50. The number of fused-ring (bicyclic) bond motifs is 1. The summed E-state index contributed by atoms with van der Waals surface area (Å²) in [7, 11) is 0.286. The van der Waals surface area contributed by atoms with Crippen molar-refractivity contribution in [2.24, 2.45) is 0 Å². The lowest BCUT2D eigenvalue weighted by Gasteiger charge is -2.17. The quantitative estimate of drug-likeness (QED) is 0.301. The molecule has 1 aromatic carbocycles. The summed E-state index contributed by atoms with van der Waals surface area (Å²) in [4.78, 5) is 30.9. The Bertz CT molecular complexity index is 1310. The van der Waals surface area contributed by atoms with Gasteiger partial charge >= 0.3 is 0 Å². The van der Waals surface area contributed by atoms with Crippen molar-refractivity contribution >= 4 is 19.8 Å². The molecular formula is C25H29FN4O5Si. The molecule has 0 radical (unpaired) electrons. The summed E-state index contributed by atoms with van der Waals surface area (Å²) < 4.78 is 32.3. The predicted octanol–water partition coefficient (Wildman–Crippen LogP) is 3.84. The maximum Gasteiger partial charge on any atom is 0.269 e. The number of aromatic nitrogens is 3. The molecule has 0 atom stereocenters. The maximum absolute atomic E-state index is 14.7. The van der Waals surface area contributed by atoms with Gasteiger partial charge in [-0.1, -0.05) is 19.6 Å².